The molecule has 117 heavy (non-hydrogen) atoms. The minimum atomic E-state index is -0.196. The van der Waals surface area contributed by atoms with Crippen molar-refractivity contribution in [2.45, 2.75) is 104 Å². The van der Waals surface area contributed by atoms with E-state index in [9.17, 15) is 13.2 Å². The number of halogens is 4. The molecular weight excluding hydrogens is 1480 g/mol. The number of nitrogens with zero attached hydrogens (tertiary/aromatic N) is 6. The highest BCUT2D eigenvalue weighted by Crippen LogP contribution is 2.37. The average molecular weight is 1590 g/mol. The summed E-state index contributed by atoms with van der Waals surface area (Å²) in [5.74, 6) is 6.67. The van der Waals surface area contributed by atoms with Gasteiger partial charge in [0.1, 0.15) is 71.2 Å². The summed E-state index contributed by atoms with van der Waals surface area (Å²) in [5.41, 5.74) is 17.2. The number of rotatable bonds is 27. The summed E-state index contributed by atoms with van der Waals surface area (Å²) >= 11 is 6.58. The fourth-order valence-corrected chi connectivity index (χ4v) is 16.9. The van der Waals surface area contributed by atoms with Crippen LogP contribution in [-0.4, -0.2) is 114 Å². The maximum absolute atomic E-state index is 14.9. The first-order valence-electron chi connectivity index (χ1n) is 41.7. The predicted molar refractivity (Wildman–Crippen MR) is 474 cm³/mol. The number of fused-ring (bicyclic) bond motifs is 4. The van der Waals surface area contributed by atoms with Gasteiger partial charge >= 0.3 is 0 Å². The van der Waals surface area contributed by atoms with E-state index in [0.717, 1.165) is 186 Å². The summed E-state index contributed by atoms with van der Waals surface area (Å²) in [6.45, 7) is 13.3. The van der Waals surface area contributed by atoms with Crippen LogP contribution in [-0.2, 0) is 51.4 Å². The zero-order valence-corrected chi connectivity index (χ0v) is 67.9. The predicted octanol–water partition coefficient (Wildman–Crippen LogP) is 19.9. The molecule has 1 aliphatic carbocycles. The Labute approximate surface area is 691 Å². The fraction of sp³-hybridized carbons (Fsp3) is 0.310. The van der Waals surface area contributed by atoms with Gasteiger partial charge in [-0.1, -0.05) is 227 Å². The van der Waals surface area contributed by atoms with E-state index >= 15 is 0 Å². The Bertz CT molecular complexity index is 5610. The highest BCUT2D eigenvalue weighted by molar-refractivity contribution is 6.32. The lowest BCUT2D eigenvalue weighted by atomic mass is 9.90. The molecule has 0 saturated heterocycles. The number of nitrogens with one attached hydrogen (secondary N) is 3. The summed E-state index contributed by atoms with van der Waals surface area (Å²) in [4.78, 5) is 20.2. The molecule has 600 valence electrons. The van der Waals surface area contributed by atoms with Gasteiger partial charge in [0.25, 0.3) is 0 Å². The average Bonchev–Trinajstić information content (AvgIpc) is 1.54. The fourth-order valence-electron chi connectivity index (χ4n) is 16.6. The molecule has 4 aliphatic heterocycles. The molecule has 17 rings (SSSR count). The lowest BCUT2D eigenvalue weighted by Gasteiger charge is -2.23. The summed E-state index contributed by atoms with van der Waals surface area (Å²) in [6.07, 6.45) is 13.1. The van der Waals surface area contributed by atoms with Crippen molar-refractivity contribution in [3.8, 4) is 23.3 Å². The van der Waals surface area contributed by atoms with Gasteiger partial charge in [0.05, 0.1) is 45.5 Å². The number of benzene rings is 12. The van der Waals surface area contributed by atoms with Crippen molar-refractivity contribution in [2.24, 2.45) is 37.5 Å². The van der Waals surface area contributed by atoms with Crippen molar-refractivity contribution in [3.63, 3.8) is 0 Å². The number of nitriles is 1. The molecule has 0 spiro atoms. The molecule has 0 atom stereocenters. The van der Waals surface area contributed by atoms with E-state index in [2.05, 4.69) is 189 Å². The lowest BCUT2D eigenvalue weighted by molar-refractivity contribution is 0.207. The van der Waals surface area contributed by atoms with E-state index in [1.807, 2.05) is 59.5 Å². The second-order valence-corrected chi connectivity index (χ2v) is 31.1. The molecule has 1 fully saturated rings. The maximum atomic E-state index is 14.9. The number of hydrogen-bond acceptors (Lipinski definition) is 13. The third-order valence-electron chi connectivity index (χ3n) is 22.6. The van der Waals surface area contributed by atoms with Gasteiger partial charge in [-0.2, -0.15) is 5.26 Å². The standard InChI is InChI=1S/C28H31FN2O.C26H29FN2O.C23H20ClN3.C23H24FN3O/c29-26-12-6-11-25(28-30-17-18-31-28)23(26)14-15-24-22-10-5-4-9-21(22)13-16-27(24)32-19-20-7-2-1-3-8-20;1-18(2)14-17-30-25-13-10-19-6-3-4-7-20(19)22(25)12-11-21-23(8-5-9-24(21)27)26-28-15-16-29-26;24-22-10-4-9-21(23-26-14-16-27(23)15-13-25)20(22)12-11-18-7-3-6-17-5-1-2-8-19(17)18;24-21-7-3-6-20(23-26-13-14-27-23)18(21)9-10-19-17-5-2-1-4-16(17)8-11-22(19)28-15-12-25/h4-6,9-13,16,20H,1-3,7-8,14-15,17-19H2,(H,30,31);3-10,13,18H,11-12,14-17H2,1-2H3,(H,28,29);1-10H,11-12,14-16H2;1-8,11H,9-10,12-15,25H2,(H,26,27). The maximum Gasteiger partial charge on any atom is 0.132 e. The smallest absolute Gasteiger partial charge is 0.132 e. The molecule has 17 heteroatoms. The van der Waals surface area contributed by atoms with Crippen LogP contribution in [0.5, 0.6) is 17.2 Å². The summed E-state index contributed by atoms with van der Waals surface area (Å²) in [7, 11) is 0. The van der Waals surface area contributed by atoms with Crippen molar-refractivity contribution >= 4 is 78.0 Å². The number of ether oxygens (including phenoxy) is 3. The summed E-state index contributed by atoms with van der Waals surface area (Å²) in [5, 5.41) is 29.3. The molecule has 5 aliphatic rings. The topological polar surface area (TPSA) is 166 Å². The summed E-state index contributed by atoms with van der Waals surface area (Å²) in [6, 6.07) is 76.3. The highest BCUT2D eigenvalue weighted by atomic mass is 35.5. The summed E-state index contributed by atoms with van der Waals surface area (Å²) < 4.78 is 62.9. The normalized spacial score (nSPS) is 14.4. The number of hydrogen-bond donors (Lipinski definition) is 4. The molecule has 0 aromatic heterocycles. The van der Waals surface area contributed by atoms with Gasteiger partial charge in [0.2, 0.25) is 0 Å². The molecule has 4 heterocycles. The molecule has 12 aromatic carbocycles. The molecule has 13 nitrogen and oxygen atoms in total. The Morgan fingerprint density at radius 2 is 0.846 bits per heavy atom. The van der Waals surface area contributed by atoms with E-state index < -0.39 is 0 Å². The van der Waals surface area contributed by atoms with Gasteiger partial charge in [-0.3, -0.25) is 20.0 Å². The third-order valence-corrected chi connectivity index (χ3v) is 23.0. The largest absolute Gasteiger partial charge is 0.493 e. The van der Waals surface area contributed by atoms with Crippen LogP contribution in [0.3, 0.4) is 0 Å². The minimum Gasteiger partial charge on any atom is -0.493 e. The van der Waals surface area contributed by atoms with Crippen LogP contribution in [0.2, 0.25) is 5.02 Å². The Morgan fingerprint density at radius 1 is 0.436 bits per heavy atom. The molecule has 0 bridgehead atoms. The van der Waals surface area contributed by atoms with Crippen LogP contribution in [0.4, 0.5) is 13.2 Å². The zero-order valence-electron chi connectivity index (χ0n) is 67.1. The molecular formula is C100H104ClF3N10O3. The first-order chi connectivity index (χ1) is 57.5. The van der Waals surface area contributed by atoms with Crippen molar-refractivity contribution < 1.29 is 27.4 Å². The van der Waals surface area contributed by atoms with E-state index in [-0.39, 0.29) is 17.5 Å². The first kappa shape index (κ1) is 82.0. The molecule has 1 saturated carbocycles. The van der Waals surface area contributed by atoms with Crippen molar-refractivity contribution in [1.29, 1.82) is 5.26 Å². The number of aryl methyl sites for hydroxylation is 4. The second-order valence-electron chi connectivity index (χ2n) is 30.7. The van der Waals surface area contributed by atoms with E-state index in [1.165, 1.54) is 87.7 Å². The van der Waals surface area contributed by atoms with Gasteiger partial charge in [-0.15, -0.1) is 0 Å². The molecule has 12 aromatic rings. The van der Waals surface area contributed by atoms with E-state index in [4.69, 9.17) is 36.8 Å². The SMILES string of the molecule is CC(C)CCOc1ccc2ccccc2c1CCc1c(F)cccc1C1=NCCN1.Fc1cccc(C2=NCCN2)c1CCc1c(OCC2CCCCC2)ccc2ccccc12.N#CCN1CCN=C1c1cccc(Cl)c1CCc1cccc2ccccc12.NCCOc1ccc2ccccc2c1CCc1c(F)cccc1C1=NCCN1. The molecule has 0 amide bonds. The van der Waals surface area contributed by atoms with E-state index in [1.54, 1.807) is 24.3 Å². The van der Waals surface area contributed by atoms with Gasteiger partial charge in [0.15, 0.2) is 0 Å². The van der Waals surface area contributed by atoms with Crippen LogP contribution in [0.1, 0.15) is 119 Å². The van der Waals surface area contributed by atoms with Crippen molar-refractivity contribution in [2.75, 3.05) is 85.3 Å². The molecule has 5 N–H and O–H groups in total. The number of aliphatic imine (C=N–C) groups is 4. The van der Waals surface area contributed by atoms with Crippen molar-refractivity contribution in [3.05, 3.63) is 314 Å². The molecule has 0 radical (unpaired) electrons. The molecule has 0 unspecified atom stereocenters. The van der Waals surface area contributed by atoms with Crippen LogP contribution < -0.4 is 35.9 Å². The van der Waals surface area contributed by atoms with Crippen LogP contribution in [0.15, 0.2) is 244 Å². The van der Waals surface area contributed by atoms with Crippen molar-refractivity contribution in [1.82, 2.24) is 20.9 Å². The Hall–Kier alpha value is -11.5. The second kappa shape index (κ2) is 40.9. The van der Waals surface area contributed by atoms with Gasteiger partial charge in [-0.05, 0) is 196 Å². The van der Waals surface area contributed by atoms with Crippen LogP contribution in [0.25, 0.3) is 43.1 Å². The lowest BCUT2D eigenvalue weighted by Crippen LogP contribution is -2.29. The van der Waals surface area contributed by atoms with E-state index in [0.29, 0.717) is 81.4 Å². The minimum absolute atomic E-state index is 0.163. The third kappa shape index (κ3) is 20.7. The number of amidine groups is 4. The van der Waals surface area contributed by atoms with Crippen LogP contribution in [0, 0.1) is 40.6 Å². The Kier molecular flexibility index (Phi) is 28.7. The van der Waals surface area contributed by atoms with Gasteiger partial charge < -0.3 is 40.8 Å². The highest BCUT2D eigenvalue weighted by Gasteiger charge is 2.26. The Balaban J connectivity index is 0.000000129. The number of nitrogens with two attached hydrogens (primary N) is 1. The Morgan fingerprint density at radius 3 is 1.31 bits per heavy atom. The quantitative estimate of drug-likeness (QED) is 0.0367. The van der Waals surface area contributed by atoms with Gasteiger partial charge in [-0.25, -0.2) is 13.2 Å². The first-order valence-corrected chi connectivity index (χ1v) is 42.1. The van der Waals surface area contributed by atoms with Crippen LogP contribution >= 0.6 is 11.6 Å². The van der Waals surface area contributed by atoms with Gasteiger partial charge in [0, 0.05) is 76.7 Å². The zero-order chi connectivity index (χ0) is 80.7. The monoisotopic (exact) mass is 1580 g/mol.